The van der Waals surface area contributed by atoms with Crippen LogP contribution >= 0.6 is 15.9 Å². The number of carbonyl (C=O) groups is 1. The van der Waals surface area contributed by atoms with Crippen LogP contribution in [0.4, 0.5) is 4.39 Å². The van der Waals surface area contributed by atoms with E-state index in [-0.39, 0.29) is 18.3 Å². The molecule has 0 aliphatic rings. The van der Waals surface area contributed by atoms with Crippen LogP contribution in [0.5, 0.6) is 5.75 Å². The normalized spacial score (nSPS) is 10.8. The lowest BCUT2D eigenvalue weighted by Crippen LogP contribution is -2.26. The van der Waals surface area contributed by atoms with Gasteiger partial charge < -0.3 is 14.5 Å². The molecule has 6 heteroatoms. The molecule has 1 aromatic heterocycles. The van der Waals surface area contributed by atoms with Crippen LogP contribution in [-0.4, -0.2) is 19.1 Å². The Bertz CT molecular complexity index is 639. The summed E-state index contributed by atoms with van der Waals surface area (Å²) in [5.74, 6) is 0.391. The first-order valence-electron chi connectivity index (χ1n) is 6.23. The van der Waals surface area contributed by atoms with Crippen LogP contribution in [0.1, 0.15) is 5.76 Å². The van der Waals surface area contributed by atoms with Gasteiger partial charge in [0.1, 0.15) is 23.9 Å². The Labute approximate surface area is 129 Å². The van der Waals surface area contributed by atoms with Gasteiger partial charge in [-0.15, -0.1) is 0 Å². The van der Waals surface area contributed by atoms with E-state index in [2.05, 4.69) is 21.2 Å². The fraction of sp³-hybridized carbons (Fsp3) is 0.133. The van der Waals surface area contributed by atoms with Crippen LogP contribution in [0, 0.1) is 5.82 Å². The van der Waals surface area contributed by atoms with Crippen LogP contribution in [0.15, 0.2) is 51.6 Å². The molecule has 0 radical (unpaired) electrons. The molecule has 0 aliphatic heterocycles. The highest BCUT2D eigenvalue weighted by molar-refractivity contribution is 9.10. The van der Waals surface area contributed by atoms with Gasteiger partial charge in [-0.25, -0.2) is 4.39 Å². The summed E-state index contributed by atoms with van der Waals surface area (Å²) in [6.07, 6.45) is 2.93. The van der Waals surface area contributed by atoms with Crippen LogP contribution in [0.3, 0.4) is 0 Å². The van der Waals surface area contributed by atoms with Crippen molar-refractivity contribution in [3.63, 3.8) is 0 Å². The number of amides is 1. The van der Waals surface area contributed by atoms with Crippen LogP contribution < -0.4 is 10.1 Å². The predicted molar refractivity (Wildman–Crippen MR) is 80.3 cm³/mol. The van der Waals surface area contributed by atoms with E-state index in [9.17, 15) is 9.18 Å². The molecular weight excluding hydrogens is 341 g/mol. The molecule has 1 aromatic carbocycles. The zero-order chi connectivity index (χ0) is 15.1. The molecule has 0 spiro atoms. The highest BCUT2D eigenvalue weighted by atomic mass is 79.9. The molecule has 1 heterocycles. The number of furan rings is 1. The number of rotatable bonds is 6. The minimum Gasteiger partial charge on any atom is -0.492 e. The Morgan fingerprint density at radius 3 is 2.95 bits per heavy atom. The van der Waals surface area contributed by atoms with Crippen molar-refractivity contribution in [3.8, 4) is 5.75 Å². The van der Waals surface area contributed by atoms with Crippen LogP contribution in [-0.2, 0) is 4.79 Å². The molecule has 21 heavy (non-hydrogen) atoms. The Balaban J connectivity index is 1.68. The largest absolute Gasteiger partial charge is 0.492 e. The Kier molecular flexibility index (Phi) is 5.57. The van der Waals surface area contributed by atoms with Crippen molar-refractivity contribution >= 4 is 27.9 Å². The molecule has 110 valence electrons. The van der Waals surface area contributed by atoms with Gasteiger partial charge in [0.15, 0.2) is 4.67 Å². The van der Waals surface area contributed by atoms with Crippen molar-refractivity contribution in [2.45, 2.75) is 0 Å². The van der Waals surface area contributed by atoms with Crippen LogP contribution in [0.2, 0.25) is 0 Å². The Morgan fingerprint density at radius 1 is 1.38 bits per heavy atom. The second kappa shape index (κ2) is 7.64. The highest BCUT2D eigenvalue weighted by Crippen LogP contribution is 2.15. The number of hydrogen-bond acceptors (Lipinski definition) is 3. The average molecular weight is 354 g/mol. The molecule has 2 rings (SSSR count). The average Bonchev–Trinajstić information content (AvgIpc) is 2.87. The lowest BCUT2D eigenvalue weighted by atomic mass is 10.3. The Morgan fingerprint density at radius 2 is 2.24 bits per heavy atom. The Hall–Kier alpha value is -2.08. The third kappa shape index (κ3) is 5.43. The second-order valence-electron chi connectivity index (χ2n) is 4.07. The fourth-order valence-electron chi connectivity index (χ4n) is 1.53. The van der Waals surface area contributed by atoms with E-state index < -0.39 is 0 Å². The number of hydrogen-bond donors (Lipinski definition) is 1. The number of nitrogens with one attached hydrogen (secondary N) is 1. The monoisotopic (exact) mass is 353 g/mol. The molecule has 1 N–H and O–H groups in total. The number of benzene rings is 1. The zero-order valence-electron chi connectivity index (χ0n) is 11.0. The summed E-state index contributed by atoms with van der Waals surface area (Å²) in [6, 6.07) is 9.32. The summed E-state index contributed by atoms with van der Waals surface area (Å²) < 4.78 is 24.0. The summed E-state index contributed by atoms with van der Waals surface area (Å²) in [7, 11) is 0. The predicted octanol–water partition coefficient (Wildman–Crippen LogP) is 3.39. The molecular formula is C15H13BrFNO3. The molecule has 0 saturated carbocycles. The number of halogens is 2. The van der Waals surface area contributed by atoms with Crippen molar-refractivity contribution < 1.29 is 18.3 Å². The minimum absolute atomic E-state index is 0.259. The van der Waals surface area contributed by atoms with E-state index in [0.717, 1.165) is 0 Å². The van der Waals surface area contributed by atoms with Gasteiger partial charge in [-0.2, -0.15) is 0 Å². The van der Waals surface area contributed by atoms with E-state index in [1.807, 2.05) is 0 Å². The fourth-order valence-corrected chi connectivity index (χ4v) is 1.85. The summed E-state index contributed by atoms with van der Waals surface area (Å²) in [5, 5.41) is 2.65. The number of ether oxygens (including phenoxy) is 1. The van der Waals surface area contributed by atoms with E-state index in [1.54, 1.807) is 30.3 Å². The van der Waals surface area contributed by atoms with E-state index in [0.29, 0.717) is 22.7 Å². The third-order valence-electron chi connectivity index (χ3n) is 2.46. The van der Waals surface area contributed by atoms with E-state index >= 15 is 0 Å². The first kappa shape index (κ1) is 15.3. The minimum atomic E-state index is -0.357. The van der Waals surface area contributed by atoms with E-state index in [4.69, 9.17) is 9.15 Å². The van der Waals surface area contributed by atoms with Crippen molar-refractivity contribution in [1.82, 2.24) is 5.32 Å². The topological polar surface area (TPSA) is 51.5 Å². The lowest BCUT2D eigenvalue weighted by molar-refractivity contribution is -0.116. The molecule has 0 unspecified atom stereocenters. The van der Waals surface area contributed by atoms with Gasteiger partial charge in [-0.3, -0.25) is 4.79 Å². The second-order valence-corrected chi connectivity index (χ2v) is 4.85. The summed E-state index contributed by atoms with van der Waals surface area (Å²) in [4.78, 5) is 11.5. The summed E-state index contributed by atoms with van der Waals surface area (Å²) >= 11 is 3.17. The summed E-state index contributed by atoms with van der Waals surface area (Å²) in [6.45, 7) is 0.580. The maximum Gasteiger partial charge on any atom is 0.244 e. The van der Waals surface area contributed by atoms with Crippen LogP contribution in [0.25, 0.3) is 6.08 Å². The molecule has 0 aliphatic carbocycles. The van der Waals surface area contributed by atoms with Gasteiger partial charge in [-0.1, -0.05) is 6.07 Å². The van der Waals surface area contributed by atoms with Crippen molar-refractivity contribution in [1.29, 1.82) is 0 Å². The summed E-state index contributed by atoms with van der Waals surface area (Å²) in [5.41, 5.74) is 0. The molecule has 0 saturated heterocycles. The van der Waals surface area contributed by atoms with E-state index in [1.165, 1.54) is 18.2 Å². The van der Waals surface area contributed by atoms with Gasteiger partial charge in [0.05, 0.1) is 6.54 Å². The molecule has 0 fully saturated rings. The lowest BCUT2D eigenvalue weighted by Gasteiger charge is -2.06. The SMILES string of the molecule is O=C(C=Cc1ccc(Br)o1)NCCOc1cccc(F)c1. The van der Waals surface area contributed by atoms with Crippen molar-refractivity contribution in [3.05, 3.63) is 58.7 Å². The molecule has 2 aromatic rings. The number of carbonyl (C=O) groups excluding carboxylic acids is 1. The van der Waals surface area contributed by atoms with Gasteiger partial charge >= 0.3 is 0 Å². The van der Waals surface area contributed by atoms with Crippen molar-refractivity contribution in [2.24, 2.45) is 0 Å². The third-order valence-corrected chi connectivity index (χ3v) is 2.89. The zero-order valence-corrected chi connectivity index (χ0v) is 12.6. The first-order valence-corrected chi connectivity index (χ1v) is 7.02. The molecule has 1 amide bonds. The van der Waals surface area contributed by atoms with Crippen molar-refractivity contribution in [2.75, 3.05) is 13.2 Å². The molecule has 4 nitrogen and oxygen atoms in total. The standard InChI is InChI=1S/C15H13BrFNO3/c16-14-6-4-12(21-14)5-7-15(19)18-8-9-20-13-3-1-2-11(17)10-13/h1-7,10H,8-9H2,(H,18,19). The highest BCUT2D eigenvalue weighted by Gasteiger charge is 1.99. The maximum absolute atomic E-state index is 12.9. The molecule has 0 bridgehead atoms. The smallest absolute Gasteiger partial charge is 0.244 e. The van der Waals surface area contributed by atoms with Gasteiger partial charge in [0, 0.05) is 12.1 Å². The van der Waals surface area contributed by atoms with Gasteiger partial charge in [-0.05, 0) is 46.3 Å². The van der Waals surface area contributed by atoms with Gasteiger partial charge in [0.25, 0.3) is 0 Å². The van der Waals surface area contributed by atoms with Gasteiger partial charge in [0.2, 0.25) is 5.91 Å². The first-order chi connectivity index (χ1) is 10.1. The molecule has 0 atom stereocenters. The maximum atomic E-state index is 12.9. The quantitative estimate of drug-likeness (QED) is 0.639.